The van der Waals surface area contributed by atoms with E-state index in [-0.39, 0.29) is 24.5 Å². The van der Waals surface area contributed by atoms with E-state index < -0.39 is 0 Å². The standard InChI is InChI=1S/C12H15BrN2O2/c1-15-6-9(13)5-11(15)12(17)14-10-3-2-8(4-10)7-16/h2-3,5-6,8,10,16H,4,7H2,1H3,(H,14,17)/t8-,10+/m0/s1. The molecule has 0 saturated heterocycles. The Labute approximate surface area is 108 Å². The van der Waals surface area contributed by atoms with E-state index in [1.807, 2.05) is 25.4 Å². The van der Waals surface area contributed by atoms with Crippen LogP contribution in [0.4, 0.5) is 0 Å². The van der Waals surface area contributed by atoms with Crippen LogP contribution in [0.25, 0.3) is 0 Å². The minimum absolute atomic E-state index is 0.0216. The van der Waals surface area contributed by atoms with Gasteiger partial charge in [-0.25, -0.2) is 0 Å². The quantitative estimate of drug-likeness (QED) is 0.830. The van der Waals surface area contributed by atoms with Crippen molar-refractivity contribution in [1.29, 1.82) is 0 Å². The van der Waals surface area contributed by atoms with Gasteiger partial charge in [0.1, 0.15) is 5.69 Å². The molecule has 1 aromatic rings. The summed E-state index contributed by atoms with van der Waals surface area (Å²) in [7, 11) is 1.83. The van der Waals surface area contributed by atoms with Crippen molar-refractivity contribution in [2.75, 3.05) is 6.61 Å². The molecule has 0 spiro atoms. The molecule has 0 unspecified atom stereocenters. The molecule has 2 rings (SSSR count). The van der Waals surface area contributed by atoms with Crippen LogP contribution in [-0.4, -0.2) is 28.2 Å². The maximum Gasteiger partial charge on any atom is 0.268 e. The Morgan fingerprint density at radius 3 is 2.94 bits per heavy atom. The first-order chi connectivity index (χ1) is 8.10. The number of halogens is 1. The van der Waals surface area contributed by atoms with Crippen molar-refractivity contribution in [3.63, 3.8) is 0 Å². The van der Waals surface area contributed by atoms with Crippen molar-refractivity contribution in [1.82, 2.24) is 9.88 Å². The van der Waals surface area contributed by atoms with Crippen molar-refractivity contribution in [3.8, 4) is 0 Å². The summed E-state index contributed by atoms with van der Waals surface area (Å²) in [5.41, 5.74) is 0.623. The molecule has 0 aromatic carbocycles. The van der Waals surface area contributed by atoms with Gasteiger partial charge in [-0.15, -0.1) is 0 Å². The summed E-state index contributed by atoms with van der Waals surface area (Å²) < 4.78 is 2.67. The minimum atomic E-state index is -0.0913. The summed E-state index contributed by atoms with van der Waals surface area (Å²) >= 11 is 3.34. The second kappa shape index (κ2) is 5.06. The zero-order valence-corrected chi connectivity index (χ0v) is 11.1. The van der Waals surface area contributed by atoms with E-state index in [9.17, 15) is 4.79 Å². The van der Waals surface area contributed by atoms with E-state index in [1.165, 1.54) is 0 Å². The highest BCUT2D eigenvalue weighted by Crippen LogP contribution is 2.18. The van der Waals surface area contributed by atoms with Crippen LogP contribution in [0.5, 0.6) is 0 Å². The Balaban J connectivity index is 1.99. The van der Waals surface area contributed by atoms with E-state index >= 15 is 0 Å². The highest BCUT2D eigenvalue weighted by Gasteiger charge is 2.21. The maximum absolute atomic E-state index is 12.0. The highest BCUT2D eigenvalue weighted by atomic mass is 79.9. The number of hydrogen-bond donors (Lipinski definition) is 2. The Morgan fingerprint density at radius 1 is 1.65 bits per heavy atom. The third-order valence-corrected chi connectivity index (χ3v) is 3.36. The molecule has 4 nitrogen and oxygen atoms in total. The third-order valence-electron chi connectivity index (χ3n) is 2.93. The number of aryl methyl sites for hydroxylation is 1. The topological polar surface area (TPSA) is 54.3 Å². The first kappa shape index (κ1) is 12.4. The Morgan fingerprint density at radius 2 is 2.41 bits per heavy atom. The number of aromatic nitrogens is 1. The summed E-state index contributed by atoms with van der Waals surface area (Å²) in [6.07, 6.45) is 6.51. The molecule has 0 saturated carbocycles. The molecule has 17 heavy (non-hydrogen) atoms. The second-order valence-electron chi connectivity index (χ2n) is 4.30. The van der Waals surface area contributed by atoms with Crippen LogP contribution in [0.15, 0.2) is 28.9 Å². The maximum atomic E-state index is 12.0. The van der Waals surface area contributed by atoms with E-state index in [2.05, 4.69) is 21.2 Å². The van der Waals surface area contributed by atoms with Gasteiger partial charge in [-0.2, -0.15) is 0 Å². The summed E-state index contributed by atoms with van der Waals surface area (Å²) in [6, 6.07) is 1.81. The zero-order valence-electron chi connectivity index (χ0n) is 9.56. The molecular weight excluding hydrogens is 284 g/mol. The monoisotopic (exact) mass is 298 g/mol. The molecule has 2 atom stereocenters. The Kier molecular flexibility index (Phi) is 3.69. The smallest absolute Gasteiger partial charge is 0.268 e. The van der Waals surface area contributed by atoms with Crippen LogP contribution in [0.3, 0.4) is 0 Å². The molecule has 1 heterocycles. The van der Waals surface area contributed by atoms with E-state index in [0.29, 0.717) is 5.69 Å². The normalized spacial score (nSPS) is 23.0. The second-order valence-corrected chi connectivity index (χ2v) is 5.21. The number of amides is 1. The Bertz CT molecular complexity index is 453. The van der Waals surface area contributed by atoms with Gasteiger partial charge in [0.05, 0.1) is 0 Å². The lowest BCUT2D eigenvalue weighted by molar-refractivity contribution is 0.0933. The summed E-state index contributed by atoms with van der Waals surface area (Å²) in [6.45, 7) is 0.137. The first-order valence-corrected chi connectivity index (χ1v) is 6.31. The number of rotatable bonds is 3. The van der Waals surface area contributed by atoms with Gasteiger partial charge in [-0.3, -0.25) is 4.79 Å². The molecule has 0 radical (unpaired) electrons. The number of nitrogens with zero attached hydrogens (tertiary/aromatic N) is 1. The van der Waals surface area contributed by atoms with Crippen molar-refractivity contribution in [2.45, 2.75) is 12.5 Å². The van der Waals surface area contributed by atoms with Gasteiger partial charge in [0.25, 0.3) is 5.91 Å². The van der Waals surface area contributed by atoms with Crippen molar-refractivity contribution in [2.24, 2.45) is 13.0 Å². The first-order valence-electron chi connectivity index (χ1n) is 5.52. The van der Waals surface area contributed by atoms with Gasteiger partial charge < -0.3 is 15.0 Å². The number of hydrogen-bond acceptors (Lipinski definition) is 2. The molecule has 1 aliphatic rings. The lowest BCUT2D eigenvalue weighted by Gasteiger charge is -2.12. The summed E-state index contributed by atoms with van der Waals surface area (Å²) in [5, 5.41) is 11.9. The SMILES string of the molecule is Cn1cc(Br)cc1C(=O)N[C@@H]1C=C[C@H](CO)C1. The molecule has 0 fully saturated rings. The predicted octanol–water partition coefficient (Wildman–Crippen LogP) is 1.45. The van der Waals surface area contributed by atoms with Crippen LogP contribution < -0.4 is 5.32 Å². The molecular formula is C12H15BrN2O2. The molecule has 1 aromatic heterocycles. The van der Waals surface area contributed by atoms with Gasteiger partial charge in [0.2, 0.25) is 0 Å². The van der Waals surface area contributed by atoms with Gasteiger partial charge in [-0.05, 0) is 28.4 Å². The van der Waals surface area contributed by atoms with Crippen molar-refractivity contribution < 1.29 is 9.90 Å². The summed E-state index contributed by atoms with van der Waals surface area (Å²) in [4.78, 5) is 12.0. The van der Waals surface area contributed by atoms with Crippen LogP contribution in [-0.2, 0) is 7.05 Å². The van der Waals surface area contributed by atoms with Crippen LogP contribution in [0.1, 0.15) is 16.9 Å². The largest absolute Gasteiger partial charge is 0.396 e. The average molecular weight is 299 g/mol. The molecule has 92 valence electrons. The fourth-order valence-electron chi connectivity index (χ4n) is 2.01. The van der Waals surface area contributed by atoms with E-state index in [0.717, 1.165) is 10.9 Å². The van der Waals surface area contributed by atoms with Crippen LogP contribution >= 0.6 is 15.9 Å². The fourth-order valence-corrected chi connectivity index (χ4v) is 2.53. The highest BCUT2D eigenvalue weighted by molar-refractivity contribution is 9.10. The number of nitrogens with one attached hydrogen (secondary N) is 1. The van der Waals surface area contributed by atoms with Crippen molar-refractivity contribution >= 4 is 21.8 Å². The number of carbonyl (C=O) groups excluding carboxylic acids is 1. The van der Waals surface area contributed by atoms with Gasteiger partial charge in [0, 0.05) is 36.3 Å². The fraction of sp³-hybridized carbons (Fsp3) is 0.417. The van der Waals surface area contributed by atoms with E-state index in [1.54, 1.807) is 10.6 Å². The number of aliphatic hydroxyl groups is 1. The Hall–Kier alpha value is -1.07. The van der Waals surface area contributed by atoms with Gasteiger partial charge >= 0.3 is 0 Å². The summed E-state index contributed by atoms with van der Waals surface area (Å²) in [5.74, 6) is 0.0758. The predicted molar refractivity (Wildman–Crippen MR) is 68.7 cm³/mol. The lowest BCUT2D eigenvalue weighted by atomic mass is 10.1. The van der Waals surface area contributed by atoms with Gasteiger partial charge in [0.15, 0.2) is 0 Å². The molecule has 0 bridgehead atoms. The van der Waals surface area contributed by atoms with E-state index in [4.69, 9.17) is 5.11 Å². The van der Waals surface area contributed by atoms with Crippen LogP contribution in [0.2, 0.25) is 0 Å². The molecule has 2 N–H and O–H groups in total. The molecule has 1 amide bonds. The molecule has 0 aliphatic heterocycles. The van der Waals surface area contributed by atoms with Gasteiger partial charge in [-0.1, -0.05) is 12.2 Å². The average Bonchev–Trinajstić information content (AvgIpc) is 2.85. The van der Waals surface area contributed by atoms with Crippen LogP contribution in [0, 0.1) is 5.92 Å². The van der Waals surface area contributed by atoms with Crippen molar-refractivity contribution in [3.05, 3.63) is 34.6 Å². The lowest BCUT2D eigenvalue weighted by Crippen LogP contribution is -2.33. The molecule has 5 heteroatoms. The minimum Gasteiger partial charge on any atom is -0.396 e. The number of aliphatic hydroxyl groups excluding tert-OH is 1. The number of carbonyl (C=O) groups is 1. The zero-order chi connectivity index (χ0) is 12.4. The molecule has 1 aliphatic carbocycles. The third kappa shape index (κ3) is 2.79.